The third kappa shape index (κ3) is 3.73. The maximum absolute atomic E-state index is 2.52. The van der Waals surface area contributed by atoms with Gasteiger partial charge in [0.25, 0.3) is 0 Å². The van der Waals surface area contributed by atoms with Crippen LogP contribution in [0, 0.1) is 35.5 Å². The van der Waals surface area contributed by atoms with Crippen LogP contribution in [-0.2, 0) is 0 Å². The Labute approximate surface area is 110 Å². The van der Waals surface area contributed by atoms with E-state index in [1.807, 2.05) is 0 Å². The topological polar surface area (TPSA) is 0 Å². The van der Waals surface area contributed by atoms with Gasteiger partial charge in [-0.15, -0.1) is 0 Å². The first-order chi connectivity index (χ1) is 7.99. The van der Waals surface area contributed by atoms with Crippen LogP contribution < -0.4 is 0 Å². The molecule has 102 valence electrons. The smallest absolute Gasteiger partial charge is 0.0357 e. The first-order valence-electron chi connectivity index (χ1n) is 7.99. The van der Waals surface area contributed by atoms with Crippen molar-refractivity contribution in [1.29, 1.82) is 0 Å². The van der Waals surface area contributed by atoms with Crippen molar-refractivity contribution in [3.8, 4) is 0 Å². The summed E-state index contributed by atoms with van der Waals surface area (Å²) in [5, 5.41) is 0. The molecule has 0 radical (unpaired) electrons. The van der Waals surface area contributed by atoms with Crippen LogP contribution in [0.3, 0.4) is 0 Å². The summed E-state index contributed by atoms with van der Waals surface area (Å²) in [6.45, 7) is 14.8. The van der Waals surface area contributed by atoms with Gasteiger partial charge in [-0.25, -0.2) is 0 Å². The second kappa shape index (κ2) is 6.81. The van der Waals surface area contributed by atoms with Crippen molar-refractivity contribution in [3.05, 3.63) is 0 Å². The summed E-state index contributed by atoms with van der Waals surface area (Å²) in [6, 6.07) is 0. The predicted molar refractivity (Wildman–Crippen MR) is 78.1 cm³/mol. The van der Waals surface area contributed by atoms with Crippen molar-refractivity contribution in [1.82, 2.24) is 0 Å². The van der Waals surface area contributed by atoms with E-state index < -0.39 is 0 Å². The average molecular weight is 238 g/mol. The molecule has 0 spiro atoms. The minimum Gasteiger partial charge on any atom is -0.0654 e. The Morgan fingerprint density at radius 3 is 2.29 bits per heavy atom. The molecule has 0 aromatic heterocycles. The van der Waals surface area contributed by atoms with Crippen LogP contribution in [-0.4, -0.2) is 0 Å². The van der Waals surface area contributed by atoms with E-state index in [2.05, 4.69) is 41.5 Å². The summed E-state index contributed by atoms with van der Waals surface area (Å²) in [4.78, 5) is 0. The lowest BCUT2D eigenvalue weighted by atomic mass is 9.64. The fourth-order valence-corrected chi connectivity index (χ4v) is 3.99. The molecule has 1 aliphatic carbocycles. The molecule has 6 unspecified atom stereocenters. The Hall–Kier alpha value is 0. The normalized spacial score (nSPS) is 35.3. The van der Waals surface area contributed by atoms with Crippen LogP contribution in [0.4, 0.5) is 0 Å². The molecule has 0 heterocycles. The predicted octanol–water partition coefficient (Wildman–Crippen LogP) is 5.77. The van der Waals surface area contributed by atoms with E-state index >= 15 is 0 Å². The van der Waals surface area contributed by atoms with Gasteiger partial charge in [-0.2, -0.15) is 0 Å². The Kier molecular flexibility index (Phi) is 6.03. The third-order valence-electron chi connectivity index (χ3n) is 5.92. The summed E-state index contributed by atoms with van der Waals surface area (Å²) >= 11 is 0. The highest BCUT2D eigenvalue weighted by Gasteiger charge is 2.34. The largest absolute Gasteiger partial charge is 0.0654 e. The highest BCUT2D eigenvalue weighted by Crippen LogP contribution is 2.42. The highest BCUT2D eigenvalue weighted by atomic mass is 14.4. The van der Waals surface area contributed by atoms with E-state index in [0.717, 1.165) is 35.5 Å². The molecule has 6 atom stereocenters. The standard InChI is InChI=1S/C17H34/c1-7-9-12(2)14(4)16(6)17-11-8-10-13(3)15(17)5/h12-17H,7-11H2,1-6H3. The van der Waals surface area contributed by atoms with Gasteiger partial charge in [0.2, 0.25) is 0 Å². The molecule has 0 amide bonds. The number of hydrogen-bond acceptors (Lipinski definition) is 0. The summed E-state index contributed by atoms with van der Waals surface area (Å²) in [5.41, 5.74) is 0. The van der Waals surface area contributed by atoms with E-state index in [1.54, 1.807) is 0 Å². The quantitative estimate of drug-likeness (QED) is 0.570. The Morgan fingerprint density at radius 1 is 1.06 bits per heavy atom. The van der Waals surface area contributed by atoms with Crippen LogP contribution in [0.5, 0.6) is 0 Å². The molecule has 17 heavy (non-hydrogen) atoms. The molecule has 0 nitrogen and oxygen atoms in total. The van der Waals surface area contributed by atoms with Crippen LogP contribution in [0.1, 0.15) is 73.6 Å². The third-order valence-corrected chi connectivity index (χ3v) is 5.92. The lowest BCUT2D eigenvalue weighted by Gasteiger charge is -2.41. The molecule has 0 aromatic rings. The molecule has 1 rings (SSSR count). The highest BCUT2D eigenvalue weighted by molar-refractivity contribution is 4.83. The molecule has 0 heteroatoms. The van der Waals surface area contributed by atoms with Crippen molar-refractivity contribution in [2.24, 2.45) is 35.5 Å². The van der Waals surface area contributed by atoms with E-state index in [-0.39, 0.29) is 0 Å². The maximum Gasteiger partial charge on any atom is -0.0357 e. The molecular weight excluding hydrogens is 204 g/mol. The van der Waals surface area contributed by atoms with Gasteiger partial charge in [-0.3, -0.25) is 0 Å². The molecule has 0 N–H and O–H groups in total. The van der Waals surface area contributed by atoms with Crippen LogP contribution in [0.25, 0.3) is 0 Å². The molecule has 1 saturated carbocycles. The zero-order chi connectivity index (χ0) is 13.0. The van der Waals surface area contributed by atoms with E-state index in [1.165, 1.54) is 32.1 Å². The molecular formula is C17H34. The minimum atomic E-state index is 0.896. The molecule has 1 fully saturated rings. The van der Waals surface area contributed by atoms with E-state index in [9.17, 15) is 0 Å². The Balaban J connectivity index is 2.58. The minimum absolute atomic E-state index is 0.896. The molecule has 0 aliphatic heterocycles. The van der Waals surface area contributed by atoms with Gasteiger partial charge in [0, 0.05) is 0 Å². The zero-order valence-electron chi connectivity index (χ0n) is 13.0. The second-order valence-corrected chi connectivity index (χ2v) is 6.92. The van der Waals surface area contributed by atoms with Gasteiger partial charge in [-0.05, 0) is 41.9 Å². The summed E-state index contributed by atoms with van der Waals surface area (Å²) in [6.07, 6.45) is 7.16. The van der Waals surface area contributed by atoms with Crippen molar-refractivity contribution < 1.29 is 0 Å². The molecule has 0 aromatic carbocycles. The summed E-state index contributed by atoms with van der Waals surface area (Å²) in [5.74, 6) is 5.58. The second-order valence-electron chi connectivity index (χ2n) is 6.92. The summed E-state index contributed by atoms with van der Waals surface area (Å²) < 4.78 is 0. The van der Waals surface area contributed by atoms with E-state index in [4.69, 9.17) is 0 Å². The van der Waals surface area contributed by atoms with Crippen LogP contribution in [0.2, 0.25) is 0 Å². The van der Waals surface area contributed by atoms with Gasteiger partial charge < -0.3 is 0 Å². The van der Waals surface area contributed by atoms with Crippen molar-refractivity contribution in [2.45, 2.75) is 73.6 Å². The first kappa shape index (κ1) is 15.1. The molecule has 0 saturated heterocycles. The fourth-order valence-electron chi connectivity index (χ4n) is 3.99. The van der Waals surface area contributed by atoms with Crippen LogP contribution >= 0.6 is 0 Å². The monoisotopic (exact) mass is 238 g/mol. The van der Waals surface area contributed by atoms with Gasteiger partial charge >= 0.3 is 0 Å². The van der Waals surface area contributed by atoms with E-state index in [0.29, 0.717) is 0 Å². The van der Waals surface area contributed by atoms with Crippen molar-refractivity contribution in [2.75, 3.05) is 0 Å². The van der Waals surface area contributed by atoms with Gasteiger partial charge in [-0.1, -0.05) is 67.2 Å². The fraction of sp³-hybridized carbons (Fsp3) is 1.00. The van der Waals surface area contributed by atoms with Crippen LogP contribution in [0.15, 0.2) is 0 Å². The van der Waals surface area contributed by atoms with Crippen molar-refractivity contribution in [3.63, 3.8) is 0 Å². The molecule has 0 bridgehead atoms. The van der Waals surface area contributed by atoms with Gasteiger partial charge in [0.05, 0.1) is 0 Å². The maximum atomic E-state index is 2.52. The zero-order valence-corrected chi connectivity index (χ0v) is 13.0. The van der Waals surface area contributed by atoms with Crippen molar-refractivity contribution >= 4 is 0 Å². The molecule has 1 aliphatic rings. The lowest BCUT2D eigenvalue weighted by molar-refractivity contribution is 0.0828. The Morgan fingerprint density at radius 2 is 1.71 bits per heavy atom. The van der Waals surface area contributed by atoms with Gasteiger partial charge in [0.1, 0.15) is 0 Å². The summed E-state index contributed by atoms with van der Waals surface area (Å²) in [7, 11) is 0. The first-order valence-corrected chi connectivity index (χ1v) is 7.99. The SMILES string of the molecule is CCCC(C)C(C)C(C)C1CCCC(C)C1C. The number of hydrogen-bond donors (Lipinski definition) is 0. The lowest BCUT2D eigenvalue weighted by Crippen LogP contribution is -2.33. The van der Waals surface area contributed by atoms with Gasteiger partial charge in [0.15, 0.2) is 0 Å². The Bertz CT molecular complexity index is 208. The number of rotatable bonds is 5. The average Bonchev–Trinajstić information content (AvgIpc) is 2.31.